The Morgan fingerprint density at radius 2 is 1.91 bits per heavy atom. The molecule has 1 heterocycles. The zero-order valence-electron chi connectivity index (χ0n) is 20.4. The molecule has 186 valence electrons. The molecular weight excluding hydrogens is 448 g/mol. The highest BCUT2D eigenvalue weighted by atomic mass is 32.2. The third-order valence-electron chi connectivity index (χ3n) is 5.49. The molecule has 2 rings (SSSR count). The molecule has 0 saturated heterocycles. The molecule has 0 aliphatic carbocycles. The first kappa shape index (κ1) is 26.9. The number of anilines is 1. The lowest BCUT2D eigenvalue weighted by Crippen LogP contribution is -2.48. The van der Waals surface area contributed by atoms with Crippen molar-refractivity contribution in [2.75, 3.05) is 45.4 Å². The first-order valence-electron chi connectivity index (χ1n) is 10.9. The van der Waals surface area contributed by atoms with Crippen LogP contribution in [0.1, 0.15) is 38.1 Å². The summed E-state index contributed by atoms with van der Waals surface area (Å²) in [5.74, 6) is -0.154. The Balaban J connectivity index is 2.45. The molecule has 3 amide bonds. The van der Waals surface area contributed by atoms with Gasteiger partial charge in [0.25, 0.3) is 5.91 Å². The minimum Gasteiger partial charge on any atom is -0.491 e. The van der Waals surface area contributed by atoms with Crippen molar-refractivity contribution in [3.63, 3.8) is 0 Å². The van der Waals surface area contributed by atoms with Crippen LogP contribution >= 0.6 is 0 Å². The number of urea groups is 1. The molecule has 1 aromatic rings. The molecule has 0 spiro atoms. The topological polar surface area (TPSA) is 117 Å². The number of likely N-dealkylation sites (N-methyl/N-ethyl adjacent to an activating group) is 1. The minimum absolute atomic E-state index is 0.0439. The predicted molar refractivity (Wildman–Crippen MR) is 127 cm³/mol. The largest absolute Gasteiger partial charge is 0.491 e. The number of fused-ring (bicyclic) bond motifs is 1. The molecule has 3 atom stereocenters. The van der Waals surface area contributed by atoms with Crippen LogP contribution in [0.15, 0.2) is 18.2 Å². The summed E-state index contributed by atoms with van der Waals surface area (Å²) in [5, 5.41) is 5.45. The lowest BCUT2D eigenvalue weighted by atomic mass is 10.0. The third-order valence-corrected chi connectivity index (χ3v) is 6.85. The van der Waals surface area contributed by atoms with Gasteiger partial charge in [0.05, 0.1) is 24.0 Å². The standard InChI is InChI=1S/C22H36N4O6S/c1-14(2)23-22(28)24-17-8-9-19-18(10-17)21(27)25(5)12-20(31-6)15(3)11-26(33(7,29)30)16(4)13-32-19/h8-10,14-16,20H,11-13H2,1-7H3,(H2,23,24,28)/t15-,16+,20-/m1/s1. The number of amides is 3. The second kappa shape index (κ2) is 11.2. The molecule has 33 heavy (non-hydrogen) atoms. The quantitative estimate of drug-likeness (QED) is 0.675. The Morgan fingerprint density at radius 3 is 2.48 bits per heavy atom. The molecule has 0 fully saturated rings. The first-order valence-corrected chi connectivity index (χ1v) is 12.8. The number of hydrogen-bond acceptors (Lipinski definition) is 6. The molecule has 10 nitrogen and oxygen atoms in total. The van der Waals surface area contributed by atoms with Gasteiger partial charge in [0, 0.05) is 39.0 Å². The van der Waals surface area contributed by atoms with Crippen LogP contribution in [-0.2, 0) is 14.8 Å². The van der Waals surface area contributed by atoms with Crippen molar-refractivity contribution in [1.82, 2.24) is 14.5 Å². The predicted octanol–water partition coefficient (Wildman–Crippen LogP) is 1.98. The van der Waals surface area contributed by atoms with Crippen LogP contribution in [-0.4, -0.2) is 87.9 Å². The molecular formula is C22H36N4O6S. The van der Waals surface area contributed by atoms with E-state index in [-0.39, 0.29) is 55.3 Å². The van der Waals surface area contributed by atoms with Crippen LogP contribution in [0.2, 0.25) is 0 Å². The van der Waals surface area contributed by atoms with Crippen LogP contribution in [0.3, 0.4) is 0 Å². The van der Waals surface area contributed by atoms with Crippen molar-refractivity contribution >= 4 is 27.6 Å². The van der Waals surface area contributed by atoms with Crippen molar-refractivity contribution in [3.8, 4) is 5.75 Å². The van der Waals surface area contributed by atoms with E-state index in [1.807, 2.05) is 20.8 Å². The minimum atomic E-state index is -3.50. The Kier molecular flexibility index (Phi) is 9.10. The van der Waals surface area contributed by atoms with Gasteiger partial charge in [-0.3, -0.25) is 4.79 Å². The van der Waals surface area contributed by atoms with Crippen molar-refractivity contribution in [2.24, 2.45) is 5.92 Å². The van der Waals surface area contributed by atoms with Gasteiger partial charge in [0.1, 0.15) is 12.4 Å². The molecule has 0 unspecified atom stereocenters. The van der Waals surface area contributed by atoms with Crippen molar-refractivity contribution in [2.45, 2.75) is 45.9 Å². The van der Waals surface area contributed by atoms with E-state index in [0.717, 1.165) is 0 Å². The Hall–Kier alpha value is -2.37. The van der Waals surface area contributed by atoms with Gasteiger partial charge in [-0.15, -0.1) is 0 Å². The average molecular weight is 485 g/mol. The normalized spacial score (nSPS) is 23.2. The van der Waals surface area contributed by atoms with Crippen LogP contribution in [0.25, 0.3) is 0 Å². The summed E-state index contributed by atoms with van der Waals surface area (Å²) in [6.45, 7) is 7.91. The van der Waals surface area contributed by atoms with E-state index in [1.54, 1.807) is 39.3 Å². The van der Waals surface area contributed by atoms with Gasteiger partial charge in [0.15, 0.2) is 0 Å². The summed E-state index contributed by atoms with van der Waals surface area (Å²) < 4.78 is 37.8. The summed E-state index contributed by atoms with van der Waals surface area (Å²) in [6, 6.07) is 3.91. The smallest absolute Gasteiger partial charge is 0.319 e. The van der Waals surface area contributed by atoms with Crippen LogP contribution < -0.4 is 15.4 Å². The number of carbonyl (C=O) groups excluding carboxylic acids is 2. The van der Waals surface area contributed by atoms with Gasteiger partial charge in [-0.25, -0.2) is 13.2 Å². The fraction of sp³-hybridized carbons (Fsp3) is 0.636. The highest BCUT2D eigenvalue weighted by Crippen LogP contribution is 2.27. The number of nitrogens with zero attached hydrogens (tertiary/aromatic N) is 2. The maximum absolute atomic E-state index is 13.3. The van der Waals surface area contributed by atoms with Crippen molar-refractivity contribution in [1.29, 1.82) is 0 Å². The SMILES string of the molecule is CO[C@@H]1CN(C)C(=O)c2cc(NC(=O)NC(C)C)ccc2OC[C@H](C)N(S(C)(=O)=O)C[C@H]1C. The van der Waals surface area contributed by atoms with Crippen LogP contribution in [0, 0.1) is 5.92 Å². The second-order valence-corrected chi connectivity index (χ2v) is 10.8. The number of rotatable bonds is 4. The Morgan fingerprint density at radius 1 is 1.24 bits per heavy atom. The lowest BCUT2D eigenvalue weighted by Gasteiger charge is -2.34. The fourth-order valence-corrected chi connectivity index (χ4v) is 4.93. The number of nitrogens with one attached hydrogen (secondary N) is 2. The lowest BCUT2D eigenvalue weighted by molar-refractivity contribution is 0.0213. The number of ether oxygens (including phenoxy) is 2. The maximum Gasteiger partial charge on any atom is 0.319 e. The molecule has 0 aromatic heterocycles. The highest BCUT2D eigenvalue weighted by molar-refractivity contribution is 7.88. The molecule has 0 saturated carbocycles. The Bertz CT molecular complexity index is 952. The van der Waals surface area contributed by atoms with Gasteiger partial charge < -0.3 is 25.0 Å². The van der Waals surface area contributed by atoms with Crippen molar-refractivity contribution < 1.29 is 27.5 Å². The fourth-order valence-electron chi connectivity index (χ4n) is 3.71. The summed E-state index contributed by atoms with van der Waals surface area (Å²) in [7, 11) is -0.298. The number of carbonyl (C=O) groups is 2. The zero-order chi connectivity index (χ0) is 24.9. The van der Waals surface area contributed by atoms with E-state index in [1.165, 1.54) is 15.5 Å². The molecule has 2 N–H and O–H groups in total. The monoisotopic (exact) mass is 484 g/mol. The van der Waals surface area contributed by atoms with E-state index in [4.69, 9.17) is 9.47 Å². The molecule has 1 aliphatic heterocycles. The number of benzene rings is 1. The number of sulfonamides is 1. The van der Waals surface area contributed by atoms with E-state index in [0.29, 0.717) is 11.4 Å². The van der Waals surface area contributed by atoms with E-state index >= 15 is 0 Å². The maximum atomic E-state index is 13.3. The van der Waals surface area contributed by atoms with Gasteiger partial charge in [-0.2, -0.15) is 4.31 Å². The van der Waals surface area contributed by atoms with Gasteiger partial charge in [-0.05, 0) is 44.9 Å². The molecule has 0 radical (unpaired) electrons. The Labute approximate surface area is 196 Å². The number of methoxy groups -OCH3 is 1. The van der Waals surface area contributed by atoms with E-state index < -0.39 is 16.1 Å². The van der Waals surface area contributed by atoms with E-state index in [2.05, 4.69) is 10.6 Å². The molecule has 1 aromatic carbocycles. The average Bonchev–Trinajstić information content (AvgIpc) is 2.71. The van der Waals surface area contributed by atoms with Gasteiger partial charge in [0.2, 0.25) is 10.0 Å². The summed E-state index contributed by atoms with van der Waals surface area (Å²) in [4.78, 5) is 26.9. The third kappa shape index (κ3) is 7.31. The molecule has 1 aliphatic rings. The van der Waals surface area contributed by atoms with Crippen LogP contribution in [0.5, 0.6) is 5.75 Å². The summed E-state index contributed by atoms with van der Waals surface area (Å²) in [6.07, 6.45) is 0.797. The number of hydrogen-bond donors (Lipinski definition) is 2. The van der Waals surface area contributed by atoms with E-state index in [9.17, 15) is 18.0 Å². The highest BCUT2D eigenvalue weighted by Gasteiger charge is 2.32. The van der Waals surface area contributed by atoms with Crippen LogP contribution in [0.4, 0.5) is 10.5 Å². The first-order chi connectivity index (χ1) is 15.3. The summed E-state index contributed by atoms with van der Waals surface area (Å²) >= 11 is 0. The van der Waals surface area contributed by atoms with Gasteiger partial charge >= 0.3 is 6.03 Å². The zero-order valence-corrected chi connectivity index (χ0v) is 21.2. The van der Waals surface area contributed by atoms with Crippen molar-refractivity contribution in [3.05, 3.63) is 23.8 Å². The summed E-state index contributed by atoms with van der Waals surface area (Å²) in [5.41, 5.74) is 0.702. The molecule has 0 bridgehead atoms. The second-order valence-electron chi connectivity index (χ2n) is 8.89. The van der Waals surface area contributed by atoms with Gasteiger partial charge in [-0.1, -0.05) is 6.92 Å². The molecule has 11 heteroatoms.